The van der Waals surface area contributed by atoms with E-state index < -0.39 is 74.6 Å². The van der Waals surface area contributed by atoms with E-state index >= 15 is 0 Å². The van der Waals surface area contributed by atoms with Gasteiger partial charge in [-0.2, -0.15) is 0 Å². The summed E-state index contributed by atoms with van der Waals surface area (Å²) < 4.78 is 22.0. The van der Waals surface area contributed by atoms with Crippen molar-refractivity contribution in [3.8, 4) is 0 Å². The molecule has 0 aromatic rings. The van der Waals surface area contributed by atoms with Gasteiger partial charge in [0.2, 0.25) is 0 Å². The molecule has 0 unspecified atom stereocenters. The van der Waals surface area contributed by atoms with E-state index in [0.717, 1.165) is 25.7 Å². The molecule has 3 rings (SSSR count). The molecule has 198 valence electrons. The van der Waals surface area contributed by atoms with Gasteiger partial charge in [0.05, 0.1) is 13.2 Å². The lowest BCUT2D eigenvalue weighted by molar-refractivity contribution is -0.359. The first-order chi connectivity index (χ1) is 16.4. The third-order valence-electron chi connectivity index (χ3n) is 6.82. The van der Waals surface area contributed by atoms with Gasteiger partial charge in [-0.3, -0.25) is 0 Å². The Morgan fingerprint density at radius 3 is 2.15 bits per heavy atom. The molecule has 0 aromatic carbocycles. The van der Waals surface area contributed by atoms with E-state index in [1.54, 1.807) is 0 Å². The molecular formula is C23H40O11. The van der Waals surface area contributed by atoms with Crippen LogP contribution in [0.15, 0.2) is 12.2 Å². The van der Waals surface area contributed by atoms with Crippen LogP contribution in [0.5, 0.6) is 0 Å². The van der Waals surface area contributed by atoms with Crippen molar-refractivity contribution in [2.24, 2.45) is 5.92 Å². The van der Waals surface area contributed by atoms with Crippen LogP contribution in [-0.4, -0.2) is 117 Å². The summed E-state index contributed by atoms with van der Waals surface area (Å²) in [5.74, 6) is 0.652. The number of rotatable bonds is 11. The third kappa shape index (κ3) is 6.95. The Morgan fingerprint density at radius 2 is 1.47 bits per heavy atom. The number of hydrogen-bond donors (Lipinski definition) is 7. The highest BCUT2D eigenvalue weighted by Gasteiger charge is 2.50. The van der Waals surface area contributed by atoms with Crippen molar-refractivity contribution in [3.63, 3.8) is 0 Å². The molecule has 3 aliphatic rings. The monoisotopic (exact) mass is 492 g/mol. The van der Waals surface area contributed by atoms with E-state index in [4.69, 9.17) is 18.9 Å². The van der Waals surface area contributed by atoms with Gasteiger partial charge in [-0.1, -0.05) is 25.0 Å². The number of ether oxygens (including phenoxy) is 4. The van der Waals surface area contributed by atoms with Gasteiger partial charge in [0.15, 0.2) is 12.6 Å². The highest BCUT2D eigenvalue weighted by molar-refractivity contribution is 4.94. The summed E-state index contributed by atoms with van der Waals surface area (Å²) in [6.45, 7) is -0.917. The van der Waals surface area contributed by atoms with Crippen molar-refractivity contribution in [2.45, 2.75) is 106 Å². The normalized spacial score (nSPS) is 43.2. The molecule has 1 aliphatic carbocycles. The summed E-state index contributed by atoms with van der Waals surface area (Å²) in [5, 5.41) is 70.1. The SMILES string of the molecule is OC[C@H]1O[C@H](O[C@H]2[C@H](O)[C@@H](O)[C@H](OCCCCC[C@@H]3C=CCCC3)O[C@@H]2CO)[C@H](O)[C@@H](O)[C@@H]1O. The van der Waals surface area contributed by atoms with Crippen LogP contribution < -0.4 is 0 Å². The average molecular weight is 493 g/mol. The summed E-state index contributed by atoms with van der Waals surface area (Å²) in [4.78, 5) is 0. The minimum atomic E-state index is -1.69. The number of allylic oxidation sites excluding steroid dienone is 2. The first kappa shape index (κ1) is 27.9. The average Bonchev–Trinajstić information content (AvgIpc) is 2.85. The molecule has 34 heavy (non-hydrogen) atoms. The molecule has 0 spiro atoms. The van der Waals surface area contributed by atoms with Gasteiger partial charge in [-0.25, -0.2) is 0 Å². The molecule has 0 saturated carbocycles. The first-order valence-corrected chi connectivity index (χ1v) is 12.2. The molecular weight excluding hydrogens is 452 g/mol. The van der Waals surface area contributed by atoms with Crippen LogP contribution >= 0.6 is 0 Å². The van der Waals surface area contributed by atoms with Crippen LogP contribution in [0.4, 0.5) is 0 Å². The van der Waals surface area contributed by atoms with Crippen LogP contribution in [0.25, 0.3) is 0 Å². The van der Waals surface area contributed by atoms with E-state index in [1.807, 2.05) is 0 Å². The van der Waals surface area contributed by atoms with Gasteiger partial charge in [0, 0.05) is 6.61 Å². The Morgan fingerprint density at radius 1 is 0.765 bits per heavy atom. The summed E-state index contributed by atoms with van der Waals surface area (Å²) in [5.41, 5.74) is 0. The topological polar surface area (TPSA) is 179 Å². The smallest absolute Gasteiger partial charge is 0.187 e. The number of hydrogen-bond acceptors (Lipinski definition) is 11. The lowest BCUT2D eigenvalue weighted by Crippen LogP contribution is -2.64. The quantitative estimate of drug-likeness (QED) is 0.132. The van der Waals surface area contributed by atoms with Gasteiger partial charge in [0.1, 0.15) is 48.8 Å². The highest BCUT2D eigenvalue weighted by Crippen LogP contribution is 2.29. The number of aliphatic hydroxyl groups is 7. The fourth-order valence-corrected chi connectivity index (χ4v) is 4.70. The lowest BCUT2D eigenvalue weighted by Gasteiger charge is -2.45. The van der Waals surface area contributed by atoms with E-state index in [-0.39, 0.29) is 0 Å². The fraction of sp³-hybridized carbons (Fsp3) is 0.913. The molecule has 7 N–H and O–H groups in total. The molecule has 11 atom stereocenters. The van der Waals surface area contributed by atoms with Gasteiger partial charge in [-0.05, 0) is 38.0 Å². The third-order valence-corrected chi connectivity index (χ3v) is 6.82. The summed E-state index contributed by atoms with van der Waals surface area (Å²) >= 11 is 0. The largest absolute Gasteiger partial charge is 0.394 e. The van der Waals surface area contributed by atoms with Gasteiger partial charge in [-0.15, -0.1) is 0 Å². The van der Waals surface area contributed by atoms with E-state index in [2.05, 4.69) is 12.2 Å². The molecule has 0 radical (unpaired) electrons. The zero-order valence-electron chi connectivity index (χ0n) is 19.3. The van der Waals surface area contributed by atoms with E-state index in [1.165, 1.54) is 19.3 Å². The fourth-order valence-electron chi connectivity index (χ4n) is 4.70. The number of unbranched alkanes of at least 4 members (excludes halogenated alkanes) is 2. The Kier molecular flexibility index (Phi) is 11.1. The maximum Gasteiger partial charge on any atom is 0.187 e. The van der Waals surface area contributed by atoms with Crippen molar-refractivity contribution in [2.75, 3.05) is 19.8 Å². The second-order valence-corrected chi connectivity index (χ2v) is 9.34. The lowest BCUT2D eigenvalue weighted by atomic mass is 9.91. The van der Waals surface area contributed by atoms with E-state index in [0.29, 0.717) is 12.5 Å². The Hall–Kier alpha value is -0.700. The molecule has 0 bridgehead atoms. The molecule has 2 heterocycles. The second kappa shape index (κ2) is 13.6. The first-order valence-electron chi connectivity index (χ1n) is 12.2. The molecule has 2 aliphatic heterocycles. The predicted octanol–water partition coefficient (Wildman–Crippen LogP) is -1.46. The summed E-state index contributed by atoms with van der Waals surface area (Å²) in [7, 11) is 0. The molecule has 11 heteroatoms. The van der Waals surface area contributed by atoms with Crippen molar-refractivity contribution < 1.29 is 54.7 Å². The summed E-state index contributed by atoms with van der Waals surface area (Å²) in [6.07, 6.45) is -2.22. The Balaban J connectivity index is 1.46. The van der Waals surface area contributed by atoms with Gasteiger partial charge >= 0.3 is 0 Å². The van der Waals surface area contributed by atoms with Crippen LogP contribution in [-0.2, 0) is 18.9 Å². The highest BCUT2D eigenvalue weighted by atomic mass is 16.7. The zero-order chi connectivity index (χ0) is 24.7. The van der Waals surface area contributed by atoms with Crippen LogP contribution in [0.2, 0.25) is 0 Å². The van der Waals surface area contributed by atoms with Crippen LogP contribution in [0.1, 0.15) is 44.9 Å². The maximum atomic E-state index is 10.6. The molecule has 2 saturated heterocycles. The molecule has 0 amide bonds. The molecule has 0 aromatic heterocycles. The second-order valence-electron chi connectivity index (χ2n) is 9.34. The zero-order valence-corrected chi connectivity index (χ0v) is 19.3. The summed E-state index contributed by atoms with van der Waals surface area (Å²) in [6, 6.07) is 0. The van der Waals surface area contributed by atoms with Crippen molar-refractivity contribution in [1.29, 1.82) is 0 Å². The Labute approximate surface area is 199 Å². The van der Waals surface area contributed by atoms with Crippen molar-refractivity contribution in [1.82, 2.24) is 0 Å². The predicted molar refractivity (Wildman–Crippen MR) is 117 cm³/mol. The minimum Gasteiger partial charge on any atom is -0.394 e. The minimum absolute atomic E-state index is 0.311. The van der Waals surface area contributed by atoms with Crippen molar-refractivity contribution >= 4 is 0 Å². The number of aliphatic hydroxyl groups excluding tert-OH is 7. The van der Waals surface area contributed by atoms with Crippen molar-refractivity contribution in [3.05, 3.63) is 12.2 Å². The van der Waals surface area contributed by atoms with E-state index in [9.17, 15) is 35.7 Å². The Bertz CT molecular complexity index is 616. The van der Waals surface area contributed by atoms with Gasteiger partial charge in [0.25, 0.3) is 0 Å². The standard InChI is InChI=1S/C23H40O11/c24-11-14-16(26)17(27)19(29)23(32-14)34-21-15(12-25)33-22(20(30)18(21)28)31-10-6-2-5-9-13-7-3-1-4-8-13/h3,7,13-30H,1-2,4-6,8-12H2/t13-,14-,15-,16-,17+,18-,19-,20-,21-,22-,23-/m1/s1. The molecule has 11 nitrogen and oxygen atoms in total. The molecule has 2 fully saturated rings. The van der Waals surface area contributed by atoms with Crippen LogP contribution in [0, 0.1) is 5.92 Å². The maximum absolute atomic E-state index is 10.6. The van der Waals surface area contributed by atoms with Gasteiger partial charge < -0.3 is 54.7 Å². The van der Waals surface area contributed by atoms with Crippen LogP contribution in [0.3, 0.4) is 0 Å².